The van der Waals surface area contributed by atoms with E-state index in [1.807, 2.05) is 18.3 Å². The van der Waals surface area contributed by atoms with Gasteiger partial charge in [0.15, 0.2) is 0 Å². The molecule has 0 saturated carbocycles. The van der Waals surface area contributed by atoms with Gasteiger partial charge in [0.2, 0.25) is 0 Å². The quantitative estimate of drug-likeness (QED) is 0.892. The molecule has 3 unspecified atom stereocenters. The summed E-state index contributed by atoms with van der Waals surface area (Å²) in [5, 5.41) is 12.0. The first-order valence-corrected chi connectivity index (χ1v) is 7.49. The Hall–Kier alpha value is -0.380. The predicted octanol–water partition coefficient (Wildman–Crippen LogP) is 2.77. The average Bonchev–Trinajstić information content (AvgIpc) is 2.80. The van der Waals surface area contributed by atoms with Gasteiger partial charge in [-0.25, -0.2) is 0 Å². The van der Waals surface area contributed by atoms with Crippen molar-refractivity contribution in [3.05, 3.63) is 22.4 Å². The van der Waals surface area contributed by atoms with Crippen LogP contribution in [0.4, 0.5) is 0 Å². The average molecular weight is 253 g/mol. The minimum Gasteiger partial charge on any atom is -0.392 e. The van der Waals surface area contributed by atoms with Crippen LogP contribution in [-0.2, 0) is 6.42 Å². The molecule has 0 spiro atoms. The van der Waals surface area contributed by atoms with Crippen molar-refractivity contribution >= 4 is 11.3 Å². The van der Waals surface area contributed by atoms with Crippen LogP contribution in [0.3, 0.4) is 0 Å². The zero-order valence-corrected chi connectivity index (χ0v) is 11.6. The highest BCUT2D eigenvalue weighted by Gasteiger charge is 2.29. The highest BCUT2D eigenvalue weighted by atomic mass is 32.1. The lowest BCUT2D eigenvalue weighted by atomic mass is 9.89. The van der Waals surface area contributed by atoms with E-state index in [1.54, 1.807) is 0 Å². The molecule has 1 aliphatic heterocycles. The van der Waals surface area contributed by atoms with Crippen LogP contribution in [0.2, 0.25) is 0 Å². The van der Waals surface area contributed by atoms with Crippen LogP contribution in [0.25, 0.3) is 0 Å². The van der Waals surface area contributed by atoms with Crippen molar-refractivity contribution in [3.63, 3.8) is 0 Å². The number of piperidine rings is 1. The lowest BCUT2D eigenvalue weighted by Crippen LogP contribution is -2.48. The summed E-state index contributed by atoms with van der Waals surface area (Å²) < 4.78 is 0. The fraction of sp³-hybridized carbons (Fsp3) is 0.714. The topological polar surface area (TPSA) is 23.5 Å². The number of nitrogens with zero attached hydrogens (tertiary/aromatic N) is 1. The first-order chi connectivity index (χ1) is 8.16. The fourth-order valence-corrected chi connectivity index (χ4v) is 3.42. The van der Waals surface area contributed by atoms with Crippen LogP contribution in [0.15, 0.2) is 17.5 Å². The molecule has 96 valence electrons. The zero-order chi connectivity index (χ0) is 12.3. The molecule has 2 heterocycles. The Kier molecular flexibility index (Phi) is 4.60. The Morgan fingerprint density at radius 3 is 3.06 bits per heavy atom. The second kappa shape index (κ2) is 5.98. The lowest BCUT2D eigenvalue weighted by molar-refractivity contribution is 0.0219. The molecule has 1 N–H and O–H groups in total. The number of aliphatic hydroxyl groups excluding tert-OH is 1. The van der Waals surface area contributed by atoms with Crippen molar-refractivity contribution in [1.82, 2.24) is 4.90 Å². The third-order valence-electron chi connectivity index (χ3n) is 3.80. The van der Waals surface area contributed by atoms with Crippen LogP contribution in [-0.4, -0.2) is 35.2 Å². The van der Waals surface area contributed by atoms with Gasteiger partial charge in [-0.3, -0.25) is 4.90 Å². The molecule has 3 atom stereocenters. The molecule has 3 heteroatoms. The van der Waals surface area contributed by atoms with Gasteiger partial charge in [0.05, 0.1) is 6.10 Å². The van der Waals surface area contributed by atoms with Crippen molar-refractivity contribution in [2.24, 2.45) is 5.92 Å². The maximum atomic E-state index is 9.88. The molecule has 1 aliphatic rings. The van der Waals surface area contributed by atoms with Crippen LogP contribution < -0.4 is 0 Å². The highest BCUT2D eigenvalue weighted by Crippen LogP contribution is 2.25. The van der Waals surface area contributed by atoms with E-state index in [-0.39, 0.29) is 6.10 Å². The minimum absolute atomic E-state index is 0.207. The Labute approximate surface area is 108 Å². The van der Waals surface area contributed by atoms with E-state index >= 15 is 0 Å². The molecule has 1 aromatic heterocycles. The molecule has 1 aromatic rings. The van der Waals surface area contributed by atoms with Crippen LogP contribution >= 0.6 is 11.3 Å². The van der Waals surface area contributed by atoms with Gasteiger partial charge in [-0.2, -0.15) is 0 Å². The molecule has 0 aliphatic carbocycles. The number of hydrogen-bond acceptors (Lipinski definition) is 3. The zero-order valence-electron chi connectivity index (χ0n) is 10.8. The van der Waals surface area contributed by atoms with Crippen molar-refractivity contribution < 1.29 is 5.11 Å². The van der Waals surface area contributed by atoms with Gasteiger partial charge < -0.3 is 5.11 Å². The molecule has 17 heavy (non-hydrogen) atoms. The molecule has 1 saturated heterocycles. The normalized spacial score (nSPS) is 28.2. The molecule has 0 aromatic carbocycles. The number of aliphatic hydroxyl groups is 1. The van der Waals surface area contributed by atoms with Gasteiger partial charge in [0, 0.05) is 17.5 Å². The van der Waals surface area contributed by atoms with E-state index in [4.69, 9.17) is 0 Å². The lowest BCUT2D eigenvalue weighted by Gasteiger charge is -2.40. The standard InChI is InChI=1S/C14H23NOS/c1-11-5-7-15(14(10-11)12(2)16)8-6-13-4-3-9-17-13/h3-4,9,11-12,14,16H,5-8,10H2,1-2H3. The summed E-state index contributed by atoms with van der Waals surface area (Å²) in [6.07, 6.45) is 3.33. The van der Waals surface area contributed by atoms with Crippen molar-refractivity contribution in [1.29, 1.82) is 0 Å². The third kappa shape index (κ3) is 3.54. The van der Waals surface area contributed by atoms with E-state index in [0.29, 0.717) is 6.04 Å². The van der Waals surface area contributed by atoms with E-state index in [0.717, 1.165) is 31.8 Å². The first kappa shape index (κ1) is 13.1. The molecular weight excluding hydrogens is 230 g/mol. The second-order valence-electron chi connectivity index (χ2n) is 5.30. The van der Waals surface area contributed by atoms with E-state index < -0.39 is 0 Å². The van der Waals surface area contributed by atoms with Crippen LogP contribution in [0.1, 0.15) is 31.6 Å². The monoisotopic (exact) mass is 253 g/mol. The molecule has 1 fully saturated rings. The van der Waals surface area contributed by atoms with Gasteiger partial charge in [0.1, 0.15) is 0 Å². The highest BCUT2D eigenvalue weighted by molar-refractivity contribution is 7.09. The minimum atomic E-state index is -0.207. The summed E-state index contributed by atoms with van der Waals surface area (Å²) in [6, 6.07) is 4.68. The predicted molar refractivity (Wildman–Crippen MR) is 73.5 cm³/mol. The van der Waals surface area contributed by atoms with E-state index in [1.165, 1.54) is 11.3 Å². The summed E-state index contributed by atoms with van der Waals surface area (Å²) in [5.41, 5.74) is 0. The second-order valence-corrected chi connectivity index (χ2v) is 6.34. The summed E-state index contributed by atoms with van der Waals surface area (Å²) in [5.74, 6) is 0.757. The maximum Gasteiger partial charge on any atom is 0.0667 e. The Morgan fingerprint density at radius 2 is 2.41 bits per heavy atom. The van der Waals surface area contributed by atoms with Crippen LogP contribution in [0.5, 0.6) is 0 Å². The number of rotatable bonds is 4. The van der Waals surface area contributed by atoms with Gasteiger partial charge in [-0.1, -0.05) is 13.0 Å². The van der Waals surface area contributed by atoms with E-state index in [9.17, 15) is 5.11 Å². The summed E-state index contributed by atoms with van der Waals surface area (Å²) >= 11 is 1.83. The Balaban J connectivity index is 1.89. The van der Waals surface area contributed by atoms with Crippen molar-refractivity contribution in [2.45, 2.75) is 45.3 Å². The smallest absolute Gasteiger partial charge is 0.0667 e. The SMILES string of the molecule is CC1CCN(CCc2cccs2)C(C(C)O)C1. The molecular formula is C14H23NOS. The van der Waals surface area contributed by atoms with Crippen molar-refractivity contribution in [2.75, 3.05) is 13.1 Å². The summed E-state index contributed by atoms with van der Waals surface area (Å²) in [7, 11) is 0. The molecule has 0 amide bonds. The molecule has 2 rings (SSSR count). The maximum absolute atomic E-state index is 9.88. The van der Waals surface area contributed by atoms with Crippen molar-refractivity contribution in [3.8, 4) is 0 Å². The largest absolute Gasteiger partial charge is 0.392 e. The fourth-order valence-electron chi connectivity index (χ4n) is 2.72. The first-order valence-electron chi connectivity index (χ1n) is 6.61. The molecule has 0 bridgehead atoms. The van der Waals surface area contributed by atoms with Gasteiger partial charge >= 0.3 is 0 Å². The summed E-state index contributed by atoms with van der Waals surface area (Å²) in [4.78, 5) is 3.93. The molecule has 0 radical (unpaired) electrons. The Bertz CT molecular complexity index is 323. The van der Waals surface area contributed by atoms with Crippen LogP contribution in [0, 0.1) is 5.92 Å². The summed E-state index contributed by atoms with van der Waals surface area (Å²) in [6.45, 7) is 6.46. The number of hydrogen-bond donors (Lipinski definition) is 1. The third-order valence-corrected chi connectivity index (χ3v) is 4.74. The van der Waals surface area contributed by atoms with Gasteiger partial charge in [0.25, 0.3) is 0 Å². The van der Waals surface area contributed by atoms with Gasteiger partial charge in [-0.05, 0) is 50.1 Å². The van der Waals surface area contributed by atoms with Gasteiger partial charge in [-0.15, -0.1) is 11.3 Å². The Morgan fingerprint density at radius 1 is 1.59 bits per heavy atom. The van der Waals surface area contributed by atoms with E-state index in [2.05, 4.69) is 29.3 Å². The molecule has 2 nitrogen and oxygen atoms in total. The number of likely N-dealkylation sites (tertiary alicyclic amines) is 1. The number of thiophene rings is 1.